The summed E-state index contributed by atoms with van der Waals surface area (Å²) in [5.74, 6) is 0. The molecule has 0 heterocycles. The molecular weight excluding hydrogens is 351 g/mol. The van der Waals surface area contributed by atoms with Crippen LogP contribution < -0.4 is 6.15 Å². The van der Waals surface area contributed by atoms with Crippen LogP contribution in [0.5, 0.6) is 0 Å². The molecule has 38 valence electrons. The van der Waals surface area contributed by atoms with E-state index in [0.717, 1.165) is 0 Å². The summed E-state index contributed by atoms with van der Waals surface area (Å²) >= 11 is 0. The Kier molecular flexibility index (Phi) is 933. The third-order valence-electron chi connectivity index (χ3n) is 0. The molecule has 0 aliphatic heterocycles. The van der Waals surface area contributed by atoms with Gasteiger partial charge in [-0.1, -0.05) is 0 Å². The van der Waals surface area contributed by atoms with Gasteiger partial charge in [0.1, 0.15) is 0 Å². The smallest absolute Gasteiger partial charge is 0 e. The Hall–Kier alpha value is 1.45. The minimum absolute atomic E-state index is 0. The molecule has 0 spiro atoms. The largest absolute Gasteiger partial charge is 0 e. The minimum atomic E-state index is 0. The molecule has 0 unspecified atom stereocenters. The van der Waals surface area contributed by atoms with Crippen molar-refractivity contribution in [1.82, 2.24) is 6.15 Å². The summed E-state index contributed by atoms with van der Waals surface area (Å²) in [5.41, 5.74) is 0. The van der Waals surface area contributed by atoms with Gasteiger partial charge in [-0.25, -0.2) is 0 Å². The Morgan fingerprint density at radius 1 is 0.800 bits per heavy atom. The van der Waals surface area contributed by atoms with Gasteiger partial charge >= 0.3 is 26.2 Å². The van der Waals surface area contributed by atoms with Crippen molar-refractivity contribution in [1.29, 1.82) is 0 Å². The first-order valence-electron chi connectivity index (χ1n) is 0. The van der Waals surface area contributed by atoms with Gasteiger partial charge in [-0.3, -0.25) is 0 Å². The van der Waals surface area contributed by atoms with E-state index in [1.54, 1.807) is 0 Å². The SMILES string of the molecule is N.O.O.[BiH3].[Mo]. The van der Waals surface area contributed by atoms with Crippen molar-refractivity contribution in [2.24, 2.45) is 0 Å². The van der Waals surface area contributed by atoms with E-state index in [9.17, 15) is 0 Å². The van der Waals surface area contributed by atoms with Gasteiger partial charge in [-0.15, -0.1) is 0 Å². The standard InChI is InChI=1S/Bi.Mo.H3N.2H2O.3H/h;;1H3;2*1H2;;;. The fourth-order valence-electron chi connectivity index (χ4n) is 0. The van der Waals surface area contributed by atoms with Crippen LogP contribution in [-0.2, 0) is 21.1 Å². The van der Waals surface area contributed by atoms with Gasteiger partial charge in [-0.05, 0) is 0 Å². The molecule has 0 aliphatic rings. The second-order valence-electron chi connectivity index (χ2n) is 0. The molecule has 7 N–H and O–H groups in total. The Labute approximate surface area is 64.1 Å². The maximum absolute atomic E-state index is 0. The number of rotatable bonds is 0. The summed E-state index contributed by atoms with van der Waals surface area (Å²) in [7, 11) is 0. The van der Waals surface area contributed by atoms with E-state index >= 15 is 0 Å². The van der Waals surface area contributed by atoms with Crippen LogP contribution in [0, 0.1) is 0 Å². The van der Waals surface area contributed by atoms with Gasteiger partial charge in [0.25, 0.3) is 0 Å². The molecule has 0 bridgehead atoms. The Bertz CT molecular complexity index is 9.61. The van der Waals surface area contributed by atoms with Gasteiger partial charge in [0, 0.05) is 21.1 Å². The maximum atomic E-state index is 0. The Balaban J connectivity index is 0. The summed E-state index contributed by atoms with van der Waals surface area (Å²) in [5, 5.41) is 0. The topological polar surface area (TPSA) is 98.0 Å². The first kappa shape index (κ1) is 91.0. The van der Waals surface area contributed by atoms with Crippen molar-refractivity contribution in [3.05, 3.63) is 0 Å². The van der Waals surface area contributed by atoms with E-state index in [0.29, 0.717) is 0 Å². The molecule has 0 radical (unpaired) electrons. The zero-order valence-electron chi connectivity index (χ0n) is 2.82. The van der Waals surface area contributed by atoms with Gasteiger partial charge in [-0.2, -0.15) is 0 Å². The summed E-state index contributed by atoms with van der Waals surface area (Å²) in [6.07, 6.45) is 0. The predicted octanol–water partition coefficient (Wildman–Crippen LogP) is -2.67. The monoisotopic (exact) mass is 363 g/mol. The molecule has 0 rings (SSSR count). The molecule has 5 heavy (non-hydrogen) atoms. The van der Waals surface area contributed by atoms with Gasteiger partial charge < -0.3 is 17.1 Å². The molecule has 0 amide bonds. The van der Waals surface area contributed by atoms with E-state index in [1.165, 1.54) is 0 Å². The first-order chi connectivity index (χ1) is 0. The van der Waals surface area contributed by atoms with Crippen LogP contribution in [0.4, 0.5) is 0 Å². The van der Waals surface area contributed by atoms with Crippen LogP contribution in [0.1, 0.15) is 0 Å². The molecule has 0 aromatic carbocycles. The second kappa shape index (κ2) is 51.3. The minimum Gasteiger partial charge on any atom is 0 e. The van der Waals surface area contributed by atoms with Crippen molar-refractivity contribution >= 4 is 26.2 Å². The molecule has 5 heteroatoms. The third-order valence-corrected chi connectivity index (χ3v) is 0. The molecule has 0 saturated carbocycles. The third kappa shape index (κ3) is 30.8. The van der Waals surface area contributed by atoms with Crippen LogP contribution in [0.2, 0.25) is 0 Å². The maximum Gasteiger partial charge on any atom is 0 e. The van der Waals surface area contributed by atoms with E-state index < -0.39 is 0 Å². The Morgan fingerprint density at radius 3 is 0.800 bits per heavy atom. The summed E-state index contributed by atoms with van der Waals surface area (Å²) in [6.45, 7) is 0. The quantitative estimate of drug-likeness (QED) is 0.468. The fourth-order valence-corrected chi connectivity index (χ4v) is 0. The molecule has 0 saturated heterocycles. The van der Waals surface area contributed by atoms with Crippen LogP contribution in [0.25, 0.3) is 0 Å². The molecule has 0 atom stereocenters. The second-order valence-corrected chi connectivity index (χ2v) is 0. The average molecular weight is 361 g/mol. The van der Waals surface area contributed by atoms with Crippen molar-refractivity contribution < 1.29 is 32.0 Å². The van der Waals surface area contributed by atoms with Crippen molar-refractivity contribution in [2.75, 3.05) is 0 Å². The molecule has 0 aromatic heterocycles. The molecule has 0 fully saturated rings. The summed E-state index contributed by atoms with van der Waals surface area (Å²) < 4.78 is 0. The number of hydrogen-bond donors (Lipinski definition) is 1. The Morgan fingerprint density at radius 2 is 0.800 bits per heavy atom. The van der Waals surface area contributed by atoms with Gasteiger partial charge in [0.05, 0.1) is 0 Å². The zero-order chi connectivity index (χ0) is 0. The van der Waals surface area contributed by atoms with Crippen molar-refractivity contribution in [3.63, 3.8) is 0 Å². The average Bonchev–Trinajstić information content (AvgIpc) is 0. The van der Waals surface area contributed by atoms with E-state index in [1.807, 2.05) is 0 Å². The van der Waals surface area contributed by atoms with Crippen molar-refractivity contribution in [3.8, 4) is 0 Å². The van der Waals surface area contributed by atoms with E-state index in [2.05, 4.69) is 0 Å². The number of hydrogen-bond acceptors (Lipinski definition) is 1. The van der Waals surface area contributed by atoms with E-state index in [-0.39, 0.29) is 64.4 Å². The zero-order valence-corrected chi connectivity index (χ0v) is 10.3. The molecule has 0 aromatic rings. The van der Waals surface area contributed by atoms with Crippen LogP contribution in [0.15, 0.2) is 0 Å². The van der Waals surface area contributed by atoms with Crippen LogP contribution in [-0.4, -0.2) is 37.2 Å². The van der Waals surface area contributed by atoms with Gasteiger partial charge in [0.2, 0.25) is 0 Å². The molecule has 0 aliphatic carbocycles. The van der Waals surface area contributed by atoms with Crippen LogP contribution in [0.3, 0.4) is 0 Å². The summed E-state index contributed by atoms with van der Waals surface area (Å²) in [6, 6.07) is 0. The fraction of sp³-hybridized carbons (Fsp3) is 0. The van der Waals surface area contributed by atoms with Crippen molar-refractivity contribution in [2.45, 2.75) is 0 Å². The van der Waals surface area contributed by atoms with Crippen LogP contribution >= 0.6 is 0 Å². The predicted molar refractivity (Wildman–Crippen MR) is 22.2 cm³/mol. The molecular formula is H10BiMoNO2. The first-order valence-corrected chi connectivity index (χ1v) is 0. The van der Waals surface area contributed by atoms with Gasteiger partial charge in [0.15, 0.2) is 0 Å². The summed E-state index contributed by atoms with van der Waals surface area (Å²) in [4.78, 5) is 0. The molecule has 3 nitrogen and oxygen atoms in total. The normalized spacial score (nSPS) is 0. The van der Waals surface area contributed by atoms with E-state index in [4.69, 9.17) is 0 Å².